The molecule has 1 aromatic rings. The first kappa shape index (κ1) is 10.6. The van der Waals surface area contributed by atoms with Gasteiger partial charge in [-0.05, 0) is 24.3 Å². The fourth-order valence-corrected chi connectivity index (χ4v) is 1.62. The Hall–Kier alpha value is -1.90. The van der Waals surface area contributed by atoms with Crippen molar-refractivity contribution in [3.05, 3.63) is 65.9 Å². The van der Waals surface area contributed by atoms with E-state index in [0.29, 0.717) is 5.56 Å². The standard InChI is InChI=1S/C13H11F2N/c1-9-4-3-5-13(16(9)2)10-6-11(14)8-12(15)7-10/h3-8H,1H2,2H3. The van der Waals surface area contributed by atoms with Gasteiger partial charge in [0.25, 0.3) is 0 Å². The van der Waals surface area contributed by atoms with Crippen LogP contribution in [0.4, 0.5) is 8.78 Å². The van der Waals surface area contributed by atoms with Crippen LogP contribution in [0, 0.1) is 11.6 Å². The van der Waals surface area contributed by atoms with E-state index in [2.05, 4.69) is 6.58 Å². The molecular formula is C13H11F2N. The summed E-state index contributed by atoms with van der Waals surface area (Å²) in [5, 5.41) is 0. The molecule has 0 bridgehead atoms. The van der Waals surface area contributed by atoms with Gasteiger partial charge < -0.3 is 4.90 Å². The molecule has 0 atom stereocenters. The van der Waals surface area contributed by atoms with Crippen LogP contribution in [0.3, 0.4) is 0 Å². The van der Waals surface area contributed by atoms with Gasteiger partial charge in [-0.15, -0.1) is 0 Å². The molecule has 0 fully saturated rings. The fourth-order valence-electron chi connectivity index (χ4n) is 1.62. The molecule has 0 N–H and O–H groups in total. The number of rotatable bonds is 1. The van der Waals surface area contributed by atoms with Gasteiger partial charge >= 0.3 is 0 Å². The minimum atomic E-state index is -0.579. The summed E-state index contributed by atoms with van der Waals surface area (Å²) >= 11 is 0. The zero-order chi connectivity index (χ0) is 11.7. The third-order valence-corrected chi connectivity index (χ3v) is 2.49. The van der Waals surface area contributed by atoms with Gasteiger partial charge in [-0.25, -0.2) is 8.78 Å². The summed E-state index contributed by atoms with van der Waals surface area (Å²) in [6, 6.07) is 3.47. The van der Waals surface area contributed by atoms with Crippen molar-refractivity contribution in [2.45, 2.75) is 0 Å². The number of benzene rings is 1. The number of hydrogen-bond acceptors (Lipinski definition) is 1. The van der Waals surface area contributed by atoms with Crippen molar-refractivity contribution < 1.29 is 8.78 Å². The lowest BCUT2D eigenvalue weighted by Crippen LogP contribution is -2.16. The molecule has 0 aromatic heterocycles. The molecule has 82 valence electrons. The molecule has 16 heavy (non-hydrogen) atoms. The predicted molar refractivity (Wildman–Crippen MR) is 60.4 cm³/mol. The van der Waals surface area contributed by atoms with Gasteiger partial charge in [0.1, 0.15) is 11.6 Å². The van der Waals surface area contributed by atoms with Crippen LogP contribution in [0.15, 0.2) is 48.7 Å². The van der Waals surface area contributed by atoms with Crippen molar-refractivity contribution in [1.29, 1.82) is 0 Å². The van der Waals surface area contributed by atoms with Crippen LogP contribution in [0.25, 0.3) is 5.70 Å². The van der Waals surface area contributed by atoms with Gasteiger partial charge in [0, 0.05) is 30.1 Å². The molecule has 0 saturated carbocycles. The second kappa shape index (κ2) is 3.93. The van der Waals surface area contributed by atoms with Crippen LogP contribution in [-0.2, 0) is 0 Å². The lowest BCUT2D eigenvalue weighted by Gasteiger charge is -2.25. The Balaban J connectivity index is 2.48. The highest BCUT2D eigenvalue weighted by Gasteiger charge is 2.13. The smallest absolute Gasteiger partial charge is 0.126 e. The summed E-state index contributed by atoms with van der Waals surface area (Å²) in [6.45, 7) is 3.83. The van der Waals surface area contributed by atoms with E-state index in [-0.39, 0.29) is 0 Å². The van der Waals surface area contributed by atoms with Crippen molar-refractivity contribution in [3.8, 4) is 0 Å². The number of halogens is 2. The highest BCUT2D eigenvalue weighted by Crippen LogP contribution is 2.26. The highest BCUT2D eigenvalue weighted by atomic mass is 19.1. The zero-order valence-corrected chi connectivity index (χ0v) is 8.87. The second-order valence-electron chi connectivity index (χ2n) is 3.62. The summed E-state index contributed by atoms with van der Waals surface area (Å²) in [4.78, 5) is 1.79. The molecule has 0 spiro atoms. The molecule has 0 saturated heterocycles. The Morgan fingerprint density at radius 2 is 1.75 bits per heavy atom. The Labute approximate surface area is 93.0 Å². The summed E-state index contributed by atoms with van der Waals surface area (Å²) in [5.41, 5.74) is 2.01. The molecule has 1 nitrogen and oxygen atoms in total. The molecule has 1 aromatic carbocycles. The van der Waals surface area contributed by atoms with E-state index in [0.717, 1.165) is 17.5 Å². The van der Waals surface area contributed by atoms with Gasteiger partial charge in [-0.2, -0.15) is 0 Å². The molecule has 0 radical (unpaired) electrons. The summed E-state index contributed by atoms with van der Waals surface area (Å²) in [7, 11) is 1.81. The number of allylic oxidation sites excluding steroid dienone is 3. The maximum absolute atomic E-state index is 13.1. The second-order valence-corrected chi connectivity index (χ2v) is 3.62. The van der Waals surface area contributed by atoms with E-state index >= 15 is 0 Å². The van der Waals surface area contributed by atoms with Gasteiger partial charge in [0.15, 0.2) is 0 Å². The predicted octanol–water partition coefficient (Wildman–Crippen LogP) is 3.32. The lowest BCUT2D eigenvalue weighted by molar-refractivity contribution is 0.576. The Morgan fingerprint density at radius 3 is 2.38 bits per heavy atom. The van der Waals surface area contributed by atoms with Gasteiger partial charge in [0.2, 0.25) is 0 Å². The van der Waals surface area contributed by atoms with Crippen LogP contribution in [0.2, 0.25) is 0 Å². The van der Waals surface area contributed by atoms with Crippen molar-refractivity contribution in [2.24, 2.45) is 0 Å². The minimum Gasteiger partial charge on any atom is -0.345 e. The minimum absolute atomic E-state index is 0.505. The van der Waals surface area contributed by atoms with E-state index < -0.39 is 11.6 Å². The number of nitrogens with zero attached hydrogens (tertiary/aromatic N) is 1. The number of hydrogen-bond donors (Lipinski definition) is 0. The molecule has 1 heterocycles. The van der Waals surface area contributed by atoms with E-state index in [1.165, 1.54) is 12.1 Å². The Bertz CT molecular complexity index is 480. The lowest BCUT2D eigenvalue weighted by atomic mass is 10.1. The van der Waals surface area contributed by atoms with E-state index in [9.17, 15) is 8.78 Å². The molecule has 0 unspecified atom stereocenters. The molecule has 0 amide bonds. The maximum Gasteiger partial charge on any atom is 0.126 e. The van der Waals surface area contributed by atoms with Crippen molar-refractivity contribution in [1.82, 2.24) is 4.90 Å². The molecule has 1 aliphatic heterocycles. The highest BCUT2D eigenvalue weighted by molar-refractivity contribution is 5.69. The first-order valence-electron chi connectivity index (χ1n) is 4.85. The molecule has 0 aliphatic carbocycles. The monoisotopic (exact) mass is 219 g/mol. The van der Waals surface area contributed by atoms with Gasteiger partial charge in [-0.1, -0.05) is 12.7 Å². The van der Waals surface area contributed by atoms with Crippen LogP contribution in [-0.4, -0.2) is 11.9 Å². The number of likely N-dealkylation sites (N-methyl/N-ethyl adjacent to an activating group) is 1. The average molecular weight is 219 g/mol. The SMILES string of the molecule is C=C1C=CC=C(c2cc(F)cc(F)c2)N1C. The summed E-state index contributed by atoms with van der Waals surface area (Å²) in [6.07, 6.45) is 5.43. The molecule has 1 aliphatic rings. The maximum atomic E-state index is 13.1. The average Bonchev–Trinajstić information content (AvgIpc) is 2.20. The van der Waals surface area contributed by atoms with Crippen molar-refractivity contribution in [2.75, 3.05) is 7.05 Å². The normalized spacial score (nSPS) is 15.3. The third-order valence-electron chi connectivity index (χ3n) is 2.49. The van der Waals surface area contributed by atoms with Crippen molar-refractivity contribution in [3.63, 3.8) is 0 Å². The Kier molecular flexibility index (Phi) is 2.60. The molecule has 2 rings (SSSR count). The zero-order valence-electron chi connectivity index (χ0n) is 8.87. The molecular weight excluding hydrogens is 208 g/mol. The largest absolute Gasteiger partial charge is 0.345 e. The Morgan fingerprint density at radius 1 is 1.12 bits per heavy atom. The molecule has 3 heteroatoms. The summed E-state index contributed by atoms with van der Waals surface area (Å²) in [5.74, 6) is -1.16. The van der Waals surface area contributed by atoms with E-state index in [4.69, 9.17) is 0 Å². The van der Waals surface area contributed by atoms with Gasteiger partial charge in [-0.3, -0.25) is 0 Å². The third kappa shape index (κ3) is 1.89. The van der Waals surface area contributed by atoms with Crippen LogP contribution in [0.1, 0.15) is 5.56 Å². The van der Waals surface area contributed by atoms with Crippen LogP contribution >= 0.6 is 0 Å². The fraction of sp³-hybridized carbons (Fsp3) is 0.0769. The first-order valence-corrected chi connectivity index (χ1v) is 4.85. The topological polar surface area (TPSA) is 3.24 Å². The first-order chi connectivity index (χ1) is 7.58. The summed E-state index contributed by atoms with van der Waals surface area (Å²) < 4.78 is 26.2. The van der Waals surface area contributed by atoms with Crippen LogP contribution in [0.5, 0.6) is 0 Å². The van der Waals surface area contributed by atoms with Gasteiger partial charge in [0.05, 0.1) is 0 Å². The van der Waals surface area contributed by atoms with E-state index in [1.54, 1.807) is 24.1 Å². The van der Waals surface area contributed by atoms with Crippen LogP contribution < -0.4 is 0 Å². The van der Waals surface area contributed by atoms with Crippen molar-refractivity contribution >= 4 is 5.70 Å². The quantitative estimate of drug-likeness (QED) is 0.700. The van der Waals surface area contributed by atoms with E-state index in [1.807, 2.05) is 6.08 Å².